The van der Waals surface area contributed by atoms with Gasteiger partial charge in [-0.05, 0) is 19.1 Å². The smallest absolute Gasteiger partial charge is 0.215 e. The Morgan fingerprint density at radius 1 is 1.50 bits per heavy atom. The number of thiophene rings is 1. The molecule has 1 aromatic heterocycles. The minimum absolute atomic E-state index is 0.194. The first-order valence-corrected chi connectivity index (χ1v) is 5.18. The van der Waals surface area contributed by atoms with Crippen molar-refractivity contribution in [3.8, 4) is 10.8 Å². The van der Waals surface area contributed by atoms with Crippen LogP contribution in [0.5, 0.6) is 10.8 Å². The van der Waals surface area contributed by atoms with Crippen LogP contribution in [0.1, 0.15) is 6.92 Å². The lowest BCUT2D eigenvalue weighted by Gasteiger charge is -2.02. The van der Waals surface area contributed by atoms with Crippen molar-refractivity contribution in [3.05, 3.63) is 18.2 Å². The van der Waals surface area contributed by atoms with Crippen LogP contribution in [0.15, 0.2) is 18.2 Å². The zero-order valence-corrected chi connectivity index (χ0v) is 8.60. The van der Waals surface area contributed by atoms with E-state index in [0.717, 1.165) is 10.1 Å². The summed E-state index contributed by atoms with van der Waals surface area (Å²) in [6.45, 7) is 2.40. The van der Waals surface area contributed by atoms with E-state index >= 15 is 0 Å². The van der Waals surface area contributed by atoms with Gasteiger partial charge in [-0.15, -0.1) is 0 Å². The zero-order valence-electron chi connectivity index (χ0n) is 7.78. The summed E-state index contributed by atoms with van der Waals surface area (Å²) in [7, 11) is 0. The maximum atomic E-state index is 9.63. The number of hydrogen-bond acceptors (Lipinski definition) is 4. The van der Waals surface area contributed by atoms with Gasteiger partial charge in [0, 0.05) is 10.4 Å². The van der Waals surface area contributed by atoms with Gasteiger partial charge in [0.25, 0.3) is 0 Å². The highest BCUT2D eigenvalue weighted by Crippen LogP contribution is 2.45. The van der Waals surface area contributed by atoms with Crippen LogP contribution in [0, 0.1) is 0 Å². The zero-order chi connectivity index (χ0) is 10.1. The minimum Gasteiger partial charge on any atom is -0.497 e. The van der Waals surface area contributed by atoms with Gasteiger partial charge in [0.1, 0.15) is 0 Å². The van der Waals surface area contributed by atoms with Crippen LogP contribution in [0.2, 0.25) is 0 Å². The predicted octanol–water partition coefficient (Wildman–Crippen LogP) is 2.59. The summed E-state index contributed by atoms with van der Waals surface area (Å²) in [6.07, 6.45) is 0. The Kier molecular flexibility index (Phi) is 2.21. The molecule has 0 atom stereocenters. The molecule has 14 heavy (non-hydrogen) atoms. The third-order valence-electron chi connectivity index (χ3n) is 1.98. The highest BCUT2D eigenvalue weighted by molar-refractivity contribution is 7.21. The lowest BCUT2D eigenvalue weighted by atomic mass is 10.2. The molecule has 74 valence electrons. The van der Waals surface area contributed by atoms with Gasteiger partial charge in [0.15, 0.2) is 5.75 Å². The Labute approximate surface area is 85.7 Å². The summed E-state index contributed by atoms with van der Waals surface area (Å²) in [6, 6.07) is 5.58. The van der Waals surface area contributed by atoms with E-state index in [4.69, 9.17) is 10.5 Å². The summed E-state index contributed by atoms with van der Waals surface area (Å²) in [5, 5.41) is 10.6. The van der Waals surface area contributed by atoms with Crippen molar-refractivity contribution in [2.75, 3.05) is 12.3 Å². The normalized spacial score (nSPS) is 10.6. The van der Waals surface area contributed by atoms with E-state index in [1.165, 1.54) is 11.3 Å². The van der Waals surface area contributed by atoms with Crippen molar-refractivity contribution < 1.29 is 9.84 Å². The van der Waals surface area contributed by atoms with E-state index in [9.17, 15) is 5.11 Å². The number of nitrogens with two attached hydrogens (primary N) is 1. The van der Waals surface area contributed by atoms with Crippen LogP contribution in [0.4, 0.5) is 5.69 Å². The lowest BCUT2D eigenvalue weighted by molar-refractivity contribution is 0.327. The lowest BCUT2D eigenvalue weighted by Crippen LogP contribution is -1.92. The molecule has 1 aromatic carbocycles. The molecule has 0 aliphatic carbocycles. The van der Waals surface area contributed by atoms with E-state index in [-0.39, 0.29) is 5.06 Å². The number of ether oxygens (including phenoxy) is 1. The molecule has 0 amide bonds. The second-order valence-corrected chi connectivity index (χ2v) is 3.92. The average molecular weight is 209 g/mol. The molecule has 2 rings (SSSR count). The molecule has 0 radical (unpaired) electrons. The number of benzene rings is 1. The predicted molar refractivity (Wildman–Crippen MR) is 59.1 cm³/mol. The number of nitrogen functional groups attached to an aromatic ring is 1. The minimum atomic E-state index is 0.194. The standard InChI is InChI=1S/C10H11NO2S/c1-2-13-9-8-6(11)4-3-5-7(8)14-10(9)12/h3-5,12H,2,11H2,1H3. The third-order valence-corrected chi connectivity index (χ3v) is 2.91. The molecule has 0 aliphatic rings. The molecule has 2 aromatic rings. The van der Waals surface area contributed by atoms with Crippen LogP contribution >= 0.6 is 11.3 Å². The fraction of sp³-hybridized carbons (Fsp3) is 0.200. The van der Waals surface area contributed by atoms with Gasteiger partial charge in [-0.2, -0.15) is 0 Å². The van der Waals surface area contributed by atoms with Gasteiger partial charge < -0.3 is 15.6 Å². The summed E-state index contributed by atoms with van der Waals surface area (Å²) in [5.74, 6) is 0.505. The van der Waals surface area contributed by atoms with Crippen molar-refractivity contribution in [3.63, 3.8) is 0 Å². The molecule has 3 nitrogen and oxygen atoms in total. The largest absolute Gasteiger partial charge is 0.497 e. The maximum absolute atomic E-state index is 9.63. The van der Waals surface area contributed by atoms with E-state index in [1.54, 1.807) is 6.07 Å². The van der Waals surface area contributed by atoms with Crippen LogP contribution in [0.25, 0.3) is 10.1 Å². The molecule has 0 spiro atoms. The summed E-state index contributed by atoms with van der Waals surface area (Å²) in [4.78, 5) is 0. The second kappa shape index (κ2) is 3.38. The van der Waals surface area contributed by atoms with Gasteiger partial charge in [-0.3, -0.25) is 0 Å². The molecule has 0 unspecified atom stereocenters. The SMILES string of the molecule is CCOc1c(O)sc2cccc(N)c12. The fourth-order valence-corrected chi connectivity index (χ4v) is 2.33. The molecule has 1 heterocycles. The Hall–Kier alpha value is -1.42. The molecular formula is C10H11NO2S. The first-order valence-electron chi connectivity index (χ1n) is 4.36. The molecule has 0 saturated carbocycles. The number of aromatic hydroxyl groups is 1. The highest BCUT2D eigenvalue weighted by Gasteiger charge is 2.14. The number of fused-ring (bicyclic) bond motifs is 1. The van der Waals surface area contributed by atoms with Crippen molar-refractivity contribution >= 4 is 27.1 Å². The number of rotatable bonds is 2. The highest BCUT2D eigenvalue weighted by atomic mass is 32.1. The van der Waals surface area contributed by atoms with E-state index < -0.39 is 0 Å². The average Bonchev–Trinajstić information content (AvgIpc) is 2.45. The van der Waals surface area contributed by atoms with Crippen LogP contribution in [-0.2, 0) is 0 Å². The molecule has 0 aliphatic heterocycles. The van der Waals surface area contributed by atoms with Crippen molar-refractivity contribution in [2.24, 2.45) is 0 Å². The van der Waals surface area contributed by atoms with Crippen LogP contribution in [-0.4, -0.2) is 11.7 Å². The quantitative estimate of drug-likeness (QED) is 0.747. The summed E-state index contributed by atoms with van der Waals surface area (Å²) in [5.41, 5.74) is 6.46. The van der Waals surface area contributed by atoms with Crippen molar-refractivity contribution in [1.29, 1.82) is 0 Å². The van der Waals surface area contributed by atoms with Gasteiger partial charge in [-0.1, -0.05) is 17.4 Å². The molecule has 4 heteroatoms. The summed E-state index contributed by atoms with van der Waals surface area (Å²) < 4.78 is 6.30. The topological polar surface area (TPSA) is 55.5 Å². The Morgan fingerprint density at radius 2 is 2.29 bits per heavy atom. The molecule has 3 N–H and O–H groups in total. The Morgan fingerprint density at radius 3 is 3.00 bits per heavy atom. The molecule has 0 bridgehead atoms. The van der Waals surface area contributed by atoms with Crippen LogP contribution in [0.3, 0.4) is 0 Å². The Bertz CT molecular complexity index is 464. The monoisotopic (exact) mass is 209 g/mol. The fourth-order valence-electron chi connectivity index (χ4n) is 1.41. The van der Waals surface area contributed by atoms with E-state index in [1.807, 2.05) is 19.1 Å². The first-order chi connectivity index (χ1) is 6.74. The second-order valence-electron chi connectivity index (χ2n) is 2.89. The molecule has 0 fully saturated rings. The van der Waals surface area contributed by atoms with Gasteiger partial charge in [0.05, 0.1) is 12.0 Å². The summed E-state index contributed by atoms with van der Waals surface area (Å²) >= 11 is 1.28. The number of anilines is 1. The van der Waals surface area contributed by atoms with E-state index in [0.29, 0.717) is 18.0 Å². The van der Waals surface area contributed by atoms with Gasteiger partial charge in [0.2, 0.25) is 5.06 Å². The maximum Gasteiger partial charge on any atom is 0.215 e. The first kappa shape index (κ1) is 9.15. The molecular weight excluding hydrogens is 198 g/mol. The van der Waals surface area contributed by atoms with Crippen LogP contribution < -0.4 is 10.5 Å². The third kappa shape index (κ3) is 1.28. The van der Waals surface area contributed by atoms with Crippen molar-refractivity contribution in [2.45, 2.75) is 6.92 Å². The van der Waals surface area contributed by atoms with Gasteiger partial charge in [-0.25, -0.2) is 0 Å². The van der Waals surface area contributed by atoms with E-state index in [2.05, 4.69) is 0 Å². The number of hydrogen-bond donors (Lipinski definition) is 2. The molecule has 0 saturated heterocycles. The Balaban J connectivity index is 2.73. The van der Waals surface area contributed by atoms with Gasteiger partial charge >= 0.3 is 0 Å². The van der Waals surface area contributed by atoms with Crippen molar-refractivity contribution in [1.82, 2.24) is 0 Å².